The van der Waals surface area contributed by atoms with Crippen molar-refractivity contribution < 1.29 is 0 Å². The third-order valence-electron chi connectivity index (χ3n) is 32.0. The quantitative estimate of drug-likeness (QED) is 0.119. The highest BCUT2D eigenvalue weighted by Gasteiger charge is 2.53. The highest BCUT2D eigenvalue weighted by atomic mass is 15.2. The zero-order chi connectivity index (χ0) is 97.3. The van der Waals surface area contributed by atoms with Gasteiger partial charge < -0.3 is 29.1 Å². The van der Waals surface area contributed by atoms with E-state index >= 15 is 0 Å². The van der Waals surface area contributed by atoms with Gasteiger partial charge >= 0.3 is 20.5 Å². The number of para-hydroxylation sites is 3. The molecule has 148 heavy (non-hydrogen) atoms. The Morgan fingerprint density at radius 1 is 0.122 bits per heavy atom. The third kappa shape index (κ3) is 13.3. The van der Waals surface area contributed by atoms with Crippen molar-refractivity contribution >= 4 is 139 Å². The summed E-state index contributed by atoms with van der Waals surface area (Å²) in [5, 5.41) is 0. The lowest BCUT2D eigenvalue weighted by Gasteiger charge is -2.49. The van der Waals surface area contributed by atoms with Gasteiger partial charge in [0.15, 0.2) is 0 Å². The van der Waals surface area contributed by atoms with Crippen molar-refractivity contribution in [3.05, 3.63) is 539 Å². The van der Waals surface area contributed by atoms with Gasteiger partial charge in [0.25, 0.3) is 0 Å². The molecular formula is C139H91B3N6. The summed E-state index contributed by atoms with van der Waals surface area (Å²) < 4.78 is 0. The fourth-order valence-corrected chi connectivity index (χ4v) is 25.6. The molecule has 23 aromatic rings. The summed E-state index contributed by atoms with van der Waals surface area (Å²) in [5.41, 5.74) is 63.1. The van der Waals surface area contributed by atoms with Crippen molar-refractivity contribution in [1.29, 1.82) is 0 Å². The van der Waals surface area contributed by atoms with Gasteiger partial charge in [-0.25, -0.2) is 0 Å². The number of anilines is 15. The predicted octanol–water partition coefficient (Wildman–Crippen LogP) is 32.8. The van der Waals surface area contributed by atoms with Crippen LogP contribution in [0.2, 0.25) is 0 Å². The molecule has 0 unspecified atom stereocenters. The van der Waals surface area contributed by atoms with E-state index in [0.29, 0.717) is 0 Å². The van der Waals surface area contributed by atoms with E-state index in [0.717, 1.165) is 5.69 Å². The maximum absolute atomic E-state index is 2.62. The molecule has 9 heterocycles. The van der Waals surface area contributed by atoms with E-state index in [-0.39, 0.29) is 20.5 Å². The van der Waals surface area contributed by atoms with Crippen LogP contribution in [0.3, 0.4) is 0 Å². The summed E-state index contributed by atoms with van der Waals surface area (Å²) in [5.74, 6) is 0. The normalized spacial score (nSPS) is 13.0. The lowest BCUT2D eigenvalue weighted by atomic mass is 9.41. The van der Waals surface area contributed by atoms with Crippen molar-refractivity contribution in [2.75, 3.05) is 29.1 Å². The van der Waals surface area contributed by atoms with E-state index in [4.69, 9.17) is 0 Å². The Hall–Kier alpha value is -18.9. The Kier molecular flexibility index (Phi) is 19.5. The van der Waals surface area contributed by atoms with Gasteiger partial charge in [-0.3, -0.25) is 0 Å². The van der Waals surface area contributed by atoms with Crippen LogP contribution < -0.4 is 61.9 Å². The maximum atomic E-state index is 2.62. The molecular weight excluding hydrogens is 1790 g/mol. The Bertz CT molecular complexity index is 9360. The van der Waals surface area contributed by atoms with Gasteiger partial charge in [-0.05, 0) is 296 Å². The predicted molar refractivity (Wildman–Crippen MR) is 626 cm³/mol. The van der Waals surface area contributed by atoms with Gasteiger partial charge in [-0.15, -0.1) is 0 Å². The molecule has 0 fully saturated rings. The van der Waals surface area contributed by atoms with Crippen LogP contribution >= 0.6 is 0 Å². The number of benzene rings is 23. The monoisotopic (exact) mass is 1880 g/mol. The van der Waals surface area contributed by atoms with Crippen molar-refractivity contribution in [2.45, 2.75) is 6.92 Å². The van der Waals surface area contributed by atoms with E-state index in [2.05, 4.69) is 570 Å². The summed E-state index contributed by atoms with van der Waals surface area (Å²) in [6.07, 6.45) is 0. The number of hydrogen-bond donors (Lipinski definition) is 0. The molecule has 32 rings (SSSR count). The van der Waals surface area contributed by atoms with Crippen LogP contribution in [0, 0.1) is 6.92 Å². The minimum Gasteiger partial charge on any atom is -0.376 e. The van der Waals surface area contributed by atoms with E-state index in [1.54, 1.807) is 0 Å². The number of fused-ring (bicyclic) bond motifs is 18. The topological polar surface area (TPSA) is 19.4 Å². The second-order valence-electron chi connectivity index (χ2n) is 40.0. The highest BCUT2D eigenvalue weighted by molar-refractivity contribution is 6.97. The summed E-state index contributed by atoms with van der Waals surface area (Å²) in [4.78, 5) is 15.4. The largest absolute Gasteiger partial charge is 0.376 e. The number of nitrogens with zero attached hydrogens (tertiary/aromatic N) is 6. The average Bonchev–Trinajstić information content (AvgIpc) is 0.686. The van der Waals surface area contributed by atoms with Crippen molar-refractivity contribution in [1.82, 2.24) is 0 Å². The second kappa shape index (κ2) is 34.1. The Balaban J connectivity index is 0.000000103. The minimum atomic E-state index is 0.0485. The molecule has 0 atom stereocenters. The second-order valence-corrected chi connectivity index (χ2v) is 40.0. The molecule has 686 valence electrons. The molecule has 0 N–H and O–H groups in total. The van der Waals surface area contributed by atoms with Crippen LogP contribution in [0.4, 0.5) is 85.3 Å². The first-order valence-electron chi connectivity index (χ1n) is 51.5. The summed E-state index contributed by atoms with van der Waals surface area (Å²) in [6, 6.07) is 196. The molecule has 9 aliphatic rings. The van der Waals surface area contributed by atoms with Gasteiger partial charge in [-0.1, -0.05) is 400 Å². The lowest BCUT2D eigenvalue weighted by Crippen LogP contribution is -2.63. The average molecular weight is 1880 g/mol. The summed E-state index contributed by atoms with van der Waals surface area (Å²) in [6.45, 7) is 2.42. The van der Waals surface area contributed by atoms with Crippen LogP contribution in [-0.2, 0) is 0 Å². The SMILES string of the molecule is Cc1ccc2c(c1)-c1cccc3c1B1c4c(cccc4N3c3ccc(-c4cccc(-c5ccccc5)c4)cc3)-c3ccccc3N12.c1ccc(-c2ccc3c(c2)-c2cccc4c2B2c5c(cccc5N4c4ccc(-c5ccccc5)cc4-c4ccccc4)-c4ccccc4N23)cc1.c1ccc(-c2cccc(-c3cccc(N4c5cccc6c5B5c7c(cccc74)-c4cc(-c7ccccc7)ccc4N5c4ccccc4-6)c3)c2)cc1. The molecule has 0 amide bonds. The smallest absolute Gasteiger partial charge is 0.333 e. The molecule has 6 nitrogen and oxygen atoms in total. The molecule has 9 aliphatic heterocycles. The molecule has 0 radical (unpaired) electrons. The van der Waals surface area contributed by atoms with E-state index in [1.165, 1.54) is 274 Å². The first kappa shape index (κ1) is 84.7. The minimum absolute atomic E-state index is 0.0485. The maximum Gasteiger partial charge on any atom is 0.333 e. The van der Waals surface area contributed by atoms with Gasteiger partial charge in [0, 0.05) is 119 Å². The van der Waals surface area contributed by atoms with E-state index < -0.39 is 0 Å². The van der Waals surface area contributed by atoms with Crippen LogP contribution in [0.1, 0.15) is 5.56 Å². The zero-order valence-corrected chi connectivity index (χ0v) is 81.2. The van der Waals surface area contributed by atoms with E-state index in [1.807, 2.05) is 0 Å². The Labute approximate surface area is 863 Å². The molecule has 9 heteroatoms. The fraction of sp³-hybridized carbons (Fsp3) is 0.00719. The van der Waals surface area contributed by atoms with Crippen molar-refractivity contribution in [3.8, 4) is 156 Å². The first-order chi connectivity index (χ1) is 73.4. The number of rotatable bonds is 11. The van der Waals surface area contributed by atoms with Crippen molar-refractivity contribution in [3.63, 3.8) is 0 Å². The van der Waals surface area contributed by atoms with Crippen LogP contribution in [0.25, 0.3) is 156 Å². The summed E-state index contributed by atoms with van der Waals surface area (Å²) in [7, 11) is 0. The number of hydrogen-bond acceptors (Lipinski definition) is 6. The molecule has 0 aromatic heterocycles. The molecule has 0 bridgehead atoms. The Morgan fingerprint density at radius 2 is 0.345 bits per heavy atom. The molecule has 0 saturated heterocycles. The van der Waals surface area contributed by atoms with Crippen LogP contribution in [0.5, 0.6) is 0 Å². The standard InChI is InChI=1S/2C48H31BN2.C43H29BN2/c1-4-14-32(15-5-1)35-26-28-42(40(30-35)34-18-8-3-9-19-34)50-45-24-12-21-38-37-20-10-11-23-43(37)51-44-29-27-36(33-16-6-2-7-17-33)31-41(44)39-22-13-25-46(50)48(39)49(51)47(38)45;1-3-13-32(14-4-1)34-17-9-18-35(29-34)36-19-10-20-38(30-36)50-45-25-11-22-40-39-21-7-8-24-43(39)51-44-28-27-37(33-15-5-2-6-16-33)31-42(44)41-23-12-26-46(50)48(41)49(51)47(40)45;1-28-20-25-39-37(26-28)36-16-9-19-41-43(36)44-42-35(34-14-5-6-17-38(34)46(39)44)15-8-18-40(42)45(41)33-23-21-30(22-24-33)32-13-7-12-31(27-32)29-10-3-2-4-11-29/h2*1-31H;2-27H,1H3. The zero-order valence-electron chi connectivity index (χ0n) is 81.2. The Morgan fingerprint density at radius 3 is 0.709 bits per heavy atom. The van der Waals surface area contributed by atoms with Gasteiger partial charge in [0.1, 0.15) is 0 Å². The molecule has 0 spiro atoms. The lowest BCUT2D eigenvalue weighted by molar-refractivity contribution is 1.26. The highest BCUT2D eigenvalue weighted by Crippen LogP contribution is 2.59. The molecule has 0 saturated carbocycles. The molecule has 0 aliphatic carbocycles. The fourth-order valence-electron chi connectivity index (χ4n) is 25.6. The van der Waals surface area contributed by atoms with Crippen molar-refractivity contribution in [2.24, 2.45) is 0 Å². The first-order valence-corrected chi connectivity index (χ1v) is 51.5. The summed E-state index contributed by atoms with van der Waals surface area (Å²) >= 11 is 0. The van der Waals surface area contributed by atoms with Crippen LogP contribution in [0.15, 0.2) is 534 Å². The number of aryl methyl sites for hydroxylation is 1. The van der Waals surface area contributed by atoms with E-state index in [9.17, 15) is 0 Å². The van der Waals surface area contributed by atoms with Gasteiger partial charge in [0.05, 0.1) is 5.69 Å². The third-order valence-corrected chi connectivity index (χ3v) is 32.0. The van der Waals surface area contributed by atoms with Gasteiger partial charge in [0.2, 0.25) is 0 Å². The van der Waals surface area contributed by atoms with Crippen LogP contribution in [-0.4, -0.2) is 20.5 Å². The molecule has 23 aromatic carbocycles. The van der Waals surface area contributed by atoms with Gasteiger partial charge in [-0.2, -0.15) is 0 Å².